The van der Waals surface area contributed by atoms with Crippen molar-refractivity contribution in [3.63, 3.8) is 0 Å². The molecule has 1 aromatic rings. The fraction of sp³-hybridized carbons (Fsp3) is 0.652. The average molecular weight is 548 g/mol. The Morgan fingerprint density at radius 3 is 2.56 bits per heavy atom. The average Bonchev–Trinajstić information content (AvgIpc) is 3.26. The Morgan fingerprint density at radius 1 is 1.19 bits per heavy atom. The van der Waals surface area contributed by atoms with E-state index in [0.717, 1.165) is 0 Å². The maximum atomic E-state index is 13.3. The first-order chi connectivity index (χ1) is 17.0. The number of fused-ring (bicyclic) bond motifs is 1. The number of halogens is 2. The van der Waals surface area contributed by atoms with Crippen molar-refractivity contribution in [3.8, 4) is 0 Å². The second kappa shape index (κ2) is 13.0. The zero-order valence-corrected chi connectivity index (χ0v) is 21.8. The molecule has 1 aromatic carbocycles. The number of Topliss-reactive ketones (excluding diaryl/α,β-unsaturated/α-hetero) is 1. The summed E-state index contributed by atoms with van der Waals surface area (Å²) in [4.78, 5) is 26.1. The lowest BCUT2D eigenvalue weighted by atomic mass is 9.65. The van der Waals surface area contributed by atoms with Gasteiger partial charge in [-0.05, 0) is 30.5 Å². The number of nitrogens with one attached hydrogen (secondary N) is 1. The van der Waals surface area contributed by atoms with E-state index in [1.807, 2.05) is 13.8 Å². The molecule has 2 aliphatic heterocycles. The third kappa shape index (κ3) is 6.97. The lowest BCUT2D eigenvalue weighted by Gasteiger charge is -2.37. The highest BCUT2D eigenvalue weighted by Crippen LogP contribution is 2.37. The van der Waals surface area contributed by atoms with Crippen LogP contribution in [0.15, 0.2) is 18.2 Å². The van der Waals surface area contributed by atoms with E-state index in [9.17, 15) is 24.9 Å². The van der Waals surface area contributed by atoms with Gasteiger partial charge in [-0.1, -0.05) is 37.0 Å². The van der Waals surface area contributed by atoms with Gasteiger partial charge in [0.2, 0.25) is 0 Å². The molecule has 4 N–H and O–H groups in total. The lowest BCUT2D eigenvalue weighted by Crippen LogP contribution is -2.57. The topological polar surface area (TPSA) is 144 Å². The van der Waals surface area contributed by atoms with Crippen LogP contribution in [0.4, 0.5) is 0 Å². The third-order valence-corrected chi connectivity index (χ3v) is 6.77. The molecule has 2 fully saturated rings. The molecule has 0 bridgehead atoms. The summed E-state index contributed by atoms with van der Waals surface area (Å²) in [6, 6.07) is 3.49. The summed E-state index contributed by atoms with van der Waals surface area (Å²) in [5.74, 6) is -1.17. The molecule has 0 spiro atoms. The van der Waals surface area contributed by atoms with Crippen molar-refractivity contribution in [1.29, 1.82) is 0 Å². The number of ether oxygens (including phenoxy) is 2. The smallest absolute Gasteiger partial charge is 0.400 e. The first-order valence-electron chi connectivity index (χ1n) is 11.8. The van der Waals surface area contributed by atoms with Crippen molar-refractivity contribution < 1.29 is 43.7 Å². The Labute approximate surface area is 220 Å². The third-order valence-electron chi connectivity index (χ3n) is 6.21. The summed E-state index contributed by atoms with van der Waals surface area (Å²) in [5.41, 5.74) is 0.131. The minimum Gasteiger partial charge on any atom is -0.400 e. The fourth-order valence-corrected chi connectivity index (χ4v) is 4.81. The van der Waals surface area contributed by atoms with Crippen LogP contribution in [0.2, 0.25) is 15.9 Å². The number of hydrogen-bond donors (Lipinski definition) is 4. The Morgan fingerprint density at radius 2 is 1.92 bits per heavy atom. The van der Waals surface area contributed by atoms with Crippen LogP contribution < -0.4 is 5.32 Å². The first-order valence-corrected chi connectivity index (χ1v) is 12.5. The number of rotatable bonds is 11. The Bertz CT molecular complexity index is 924. The van der Waals surface area contributed by atoms with Crippen LogP contribution in [0, 0.1) is 5.92 Å². The molecule has 2 aliphatic rings. The maximum absolute atomic E-state index is 13.3. The van der Waals surface area contributed by atoms with Gasteiger partial charge in [0.25, 0.3) is 5.91 Å². The predicted octanol–water partition coefficient (Wildman–Crippen LogP) is 1.46. The summed E-state index contributed by atoms with van der Waals surface area (Å²) < 4.78 is 22.5. The maximum Gasteiger partial charge on any atom is 0.463 e. The van der Waals surface area contributed by atoms with Gasteiger partial charge < -0.3 is 39.4 Å². The highest BCUT2D eigenvalue weighted by atomic mass is 35.5. The Hall–Kier alpha value is -1.28. The second-order valence-corrected chi connectivity index (χ2v) is 10.3. The summed E-state index contributed by atoms with van der Waals surface area (Å²) in [6.45, 7) is 3.39. The van der Waals surface area contributed by atoms with Gasteiger partial charge >= 0.3 is 7.12 Å². The quantitative estimate of drug-likeness (QED) is 0.302. The molecule has 7 atom stereocenters. The van der Waals surface area contributed by atoms with E-state index in [1.165, 1.54) is 19.2 Å². The number of carbonyl (C=O) groups is 2. The molecule has 36 heavy (non-hydrogen) atoms. The van der Waals surface area contributed by atoms with Crippen molar-refractivity contribution in [2.45, 2.75) is 69.3 Å². The normalized spacial score (nSPS) is 27.6. The largest absolute Gasteiger partial charge is 0.463 e. The van der Waals surface area contributed by atoms with E-state index < -0.39 is 62.2 Å². The summed E-state index contributed by atoms with van der Waals surface area (Å²) in [7, 11) is 0.506. The van der Waals surface area contributed by atoms with Crippen LogP contribution in [-0.2, 0) is 23.6 Å². The molecule has 0 aromatic heterocycles. The van der Waals surface area contributed by atoms with Crippen LogP contribution in [0.25, 0.3) is 0 Å². The highest BCUT2D eigenvalue weighted by molar-refractivity contribution is 6.47. The standard InChI is InChI=1S/C23H32BCl2NO9/c1-11(2)6-12(24-35-21-20(31)19(30)18(9-28)34-23(21)36-24)7-17(29)16(10-33-3)27-22(32)14-8-13(25)4-5-15(14)26/h4-5,8,11-12,16,18-21,23,28,30-31H,6-7,9-10H2,1-3H3,(H,27,32)/t12-,16+,18-,19-,20+,21-,23-/m1/s1. The minimum absolute atomic E-state index is 0.0258. The summed E-state index contributed by atoms with van der Waals surface area (Å²) in [5, 5.41) is 33.2. The molecule has 0 saturated carbocycles. The molecule has 10 nitrogen and oxygen atoms in total. The Kier molecular flexibility index (Phi) is 10.6. The number of aliphatic hydroxyl groups is 3. The zero-order valence-electron chi connectivity index (χ0n) is 20.3. The monoisotopic (exact) mass is 547 g/mol. The number of methoxy groups -OCH3 is 1. The molecule has 3 rings (SSSR count). The molecular formula is C23H32BCl2NO9. The van der Waals surface area contributed by atoms with Crippen LogP contribution in [0.5, 0.6) is 0 Å². The van der Waals surface area contributed by atoms with Crippen LogP contribution >= 0.6 is 23.2 Å². The fourth-order valence-electron chi connectivity index (χ4n) is 4.44. The Balaban J connectivity index is 1.72. The van der Waals surface area contributed by atoms with E-state index in [4.69, 9.17) is 42.0 Å². The van der Waals surface area contributed by atoms with Crippen molar-refractivity contribution in [2.75, 3.05) is 20.3 Å². The van der Waals surface area contributed by atoms with Crippen LogP contribution in [0.1, 0.15) is 37.0 Å². The first kappa shape index (κ1) is 29.3. The van der Waals surface area contributed by atoms with Crippen molar-refractivity contribution in [3.05, 3.63) is 33.8 Å². The van der Waals surface area contributed by atoms with Gasteiger partial charge in [0.05, 0.1) is 23.8 Å². The van der Waals surface area contributed by atoms with Gasteiger partial charge in [-0.25, -0.2) is 0 Å². The molecule has 200 valence electrons. The SMILES string of the molecule is COC[C@H](NC(=O)c1cc(Cl)ccc1Cl)C(=O)C[C@@H](CC(C)C)B1O[C@H]2O[C@H](CO)[C@@H](O)[C@H](O)[C@H]2O1. The van der Waals surface area contributed by atoms with E-state index in [2.05, 4.69) is 5.32 Å². The van der Waals surface area contributed by atoms with E-state index >= 15 is 0 Å². The number of amides is 1. The molecule has 13 heteroatoms. The molecule has 2 heterocycles. The zero-order chi connectivity index (χ0) is 26.6. The predicted molar refractivity (Wildman–Crippen MR) is 132 cm³/mol. The van der Waals surface area contributed by atoms with Crippen LogP contribution in [0.3, 0.4) is 0 Å². The van der Waals surface area contributed by atoms with Crippen molar-refractivity contribution in [2.24, 2.45) is 5.92 Å². The number of ketones is 1. The van der Waals surface area contributed by atoms with Gasteiger partial charge in [0, 0.05) is 24.4 Å². The lowest BCUT2D eigenvalue weighted by molar-refractivity contribution is -0.249. The van der Waals surface area contributed by atoms with Crippen LogP contribution in [-0.4, -0.2) is 91.2 Å². The van der Waals surface area contributed by atoms with Gasteiger partial charge in [-0.2, -0.15) is 0 Å². The molecular weight excluding hydrogens is 516 g/mol. The van der Waals surface area contributed by atoms with Gasteiger partial charge in [-0.15, -0.1) is 0 Å². The number of aliphatic hydroxyl groups excluding tert-OH is 3. The van der Waals surface area contributed by atoms with E-state index in [0.29, 0.717) is 11.4 Å². The molecule has 2 saturated heterocycles. The summed E-state index contributed by atoms with van der Waals surface area (Å²) in [6.07, 6.45) is -5.17. The van der Waals surface area contributed by atoms with Gasteiger partial charge in [0.15, 0.2) is 12.1 Å². The highest BCUT2D eigenvalue weighted by Gasteiger charge is 2.54. The molecule has 0 unspecified atom stereocenters. The van der Waals surface area contributed by atoms with E-state index in [1.54, 1.807) is 6.07 Å². The number of benzene rings is 1. The van der Waals surface area contributed by atoms with Gasteiger partial charge in [0.1, 0.15) is 30.5 Å². The molecule has 1 amide bonds. The van der Waals surface area contributed by atoms with Gasteiger partial charge in [-0.3, -0.25) is 9.59 Å². The van der Waals surface area contributed by atoms with Crippen molar-refractivity contribution >= 4 is 42.0 Å². The van der Waals surface area contributed by atoms with E-state index in [-0.39, 0.29) is 35.3 Å². The number of hydrogen-bond acceptors (Lipinski definition) is 9. The summed E-state index contributed by atoms with van der Waals surface area (Å²) >= 11 is 12.1. The molecule has 0 radical (unpaired) electrons. The van der Waals surface area contributed by atoms with Crippen molar-refractivity contribution in [1.82, 2.24) is 5.32 Å². The minimum atomic E-state index is -1.34. The molecule has 0 aliphatic carbocycles. The second-order valence-electron chi connectivity index (χ2n) is 9.48. The number of carbonyl (C=O) groups excluding carboxylic acids is 2.